The van der Waals surface area contributed by atoms with E-state index in [9.17, 15) is 0 Å². The van der Waals surface area contributed by atoms with Crippen LogP contribution in [0.1, 0.15) is 72.4 Å². The lowest BCUT2D eigenvalue weighted by atomic mass is 9.89. The van der Waals surface area contributed by atoms with E-state index in [2.05, 4.69) is 53.7 Å². The van der Waals surface area contributed by atoms with Crippen molar-refractivity contribution in [2.75, 3.05) is 0 Å². The van der Waals surface area contributed by atoms with Crippen LogP contribution in [0.25, 0.3) is 0 Å². The molecule has 0 bridgehead atoms. The van der Waals surface area contributed by atoms with Crippen LogP contribution >= 0.6 is 0 Å². The second kappa shape index (κ2) is 7.53. The first kappa shape index (κ1) is 16.0. The van der Waals surface area contributed by atoms with Crippen molar-refractivity contribution in [3.8, 4) is 0 Å². The molecule has 105 valence electrons. The molecule has 0 amide bonds. The lowest BCUT2D eigenvalue weighted by molar-refractivity contribution is 0.674. The van der Waals surface area contributed by atoms with Crippen LogP contribution in [0, 0.1) is 40.7 Å². The van der Waals surface area contributed by atoms with E-state index in [0.717, 1.165) is 6.42 Å². The highest BCUT2D eigenvalue weighted by atomic mass is 14.1. The van der Waals surface area contributed by atoms with Crippen molar-refractivity contribution in [3.05, 3.63) is 45.5 Å². The third kappa shape index (κ3) is 3.96. The molecule has 0 aliphatic carbocycles. The molecule has 0 atom stereocenters. The fraction of sp³-hybridized carbons (Fsp3) is 0.579. The second-order valence-corrected chi connectivity index (χ2v) is 5.70. The van der Waals surface area contributed by atoms with Gasteiger partial charge in [0.1, 0.15) is 0 Å². The quantitative estimate of drug-likeness (QED) is 0.556. The molecule has 0 aliphatic heterocycles. The zero-order chi connectivity index (χ0) is 14.4. The first-order chi connectivity index (χ1) is 9.00. The molecule has 0 fully saturated rings. The molecule has 1 aromatic carbocycles. The van der Waals surface area contributed by atoms with Gasteiger partial charge in [0.25, 0.3) is 0 Å². The molecular weight excluding hydrogens is 228 g/mol. The topological polar surface area (TPSA) is 0 Å². The Morgan fingerprint density at radius 2 is 1.26 bits per heavy atom. The minimum Gasteiger partial charge on any atom is -0.0760 e. The molecule has 0 heterocycles. The van der Waals surface area contributed by atoms with Gasteiger partial charge in [-0.05, 0) is 86.9 Å². The Kier molecular flexibility index (Phi) is 6.34. The Morgan fingerprint density at radius 1 is 0.737 bits per heavy atom. The van der Waals surface area contributed by atoms with E-state index in [-0.39, 0.29) is 0 Å². The van der Waals surface area contributed by atoms with Gasteiger partial charge in [0.05, 0.1) is 0 Å². The summed E-state index contributed by atoms with van der Waals surface area (Å²) in [7, 11) is 0. The van der Waals surface area contributed by atoms with Crippen LogP contribution in [-0.4, -0.2) is 0 Å². The first-order valence-corrected chi connectivity index (χ1v) is 7.65. The molecule has 0 saturated heterocycles. The summed E-state index contributed by atoms with van der Waals surface area (Å²) in [5.74, 6) is 0. The highest BCUT2D eigenvalue weighted by molar-refractivity contribution is 5.51. The van der Waals surface area contributed by atoms with Crippen molar-refractivity contribution < 1.29 is 0 Å². The van der Waals surface area contributed by atoms with E-state index in [1.165, 1.54) is 59.1 Å². The average molecular weight is 257 g/mol. The normalized spacial score (nSPS) is 11.5. The Bertz CT molecular complexity index is 421. The van der Waals surface area contributed by atoms with E-state index in [0.29, 0.717) is 0 Å². The van der Waals surface area contributed by atoms with Crippen LogP contribution in [0.5, 0.6) is 0 Å². The predicted molar refractivity (Wildman–Crippen MR) is 85.8 cm³/mol. The van der Waals surface area contributed by atoms with E-state index < -0.39 is 0 Å². The van der Waals surface area contributed by atoms with Crippen molar-refractivity contribution in [2.24, 2.45) is 0 Å². The van der Waals surface area contributed by atoms with Crippen molar-refractivity contribution in [1.29, 1.82) is 0 Å². The Morgan fingerprint density at radius 3 is 1.79 bits per heavy atom. The van der Waals surface area contributed by atoms with Crippen LogP contribution in [-0.2, 0) is 0 Å². The van der Waals surface area contributed by atoms with Gasteiger partial charge in [-0.2, -0.15) is 0 Å². The Balaban J connectivity index is 2.81. The minimum absolute atomic E-state index is 1.16. The van der Waals surface area contributed by atoms with Crippen LogP contribution < -0.4 is 0 Å². The Labute approximate surface area is 119 Å². The molecule has 0 heteroatoms. The molecule has 0 N–H and O–H groups in total. The van der Waals surface area contributed by atoms with Crippen molar-refractivity contribution in [2.45, 2.75) is 73.6 Å². The van der Waals surface area contributed by atoms with Gasteiger partial charge < -0.3 is 0 Å². The van der Waals surface area contributed by atoms with Gasteiger partial charge in [0, 0.05) is 0 Å². The number of rotatable bonds is 6. The molecule has 0 aromatic heterocycles. The number of unbranched alkanes of at least 4 members (excludes halogenated alkanes) is 4. The van der Waals surface area contributed by atoms with Crippen LogP contribution in [0.2, 0.25) is 0 Å². The highest BCUT2D eigenvalue weighted by Crippen LogP contribution is 2.26. The molecule has 1 rings (SSSR count). The van der Waals surface area contributed by atoms with Gasteiger partial charge in [-0.3, -0.25) is 0 Å². The maximum Gasteiger partial charge on any atom is -0.0117 e. The summed E-state index contributed by atoms with van der Waals surface area (Å²) in [5.41, 5.74) is 8.38. The van der Waals surface area contributed by atoms with Crippen molar-refractivity contribution in [3.63, 3.8) is 0 Å². The van der Waals surface area contributed by atoms with Crippen molar-refractivity contribution in [1.82, 2.24) is 0 Å². The number of hydrogen-bond donors (Lipinski definition) is 0. The maximum atomic E-state index is 3.54. The highest BCUT2D eigenvalue weighted by Gasteiger charge is 2.09. The summed E-state index contributed by atoms with van der Waals surface area (Å²) in [5, 5.41) is 0. The zero-order valence-corrected chi connectivity index (χ0v) is 13.6. The van der Waals surface area contributed by atoms with Gasteiger partial charge >= 0.3 is 0 Å². The standard InChI is InChI=1S/C19H29/c1-7-8-9-10-11-12-13-19-17(5)15(3)14(2)16(4)18(19)6/h12H,7-11H2,1-6H3. The number of allylic oxidation sites excluding steroid dienone is 1. The van der Waals surface area contributed by atoms with Crippen LogP contribution in [0.3, 0.4) is 0 Å². The Hall–Kier alpha value is -1.04. The third-order valence-corrected chi connectivity index (χ3v) is 4.45. The van der Waals surface area contributed by atoms with E-state index in [4.69, 9.17) is 0 Å². The second-order valence-electron chi connectivity index (χ2n) is 5.70. The van der Waals surface area contributed by atoms with Gasteiger partial charge in [-0.25, -0.2) is 0 Å². The minimum atomic E-state index is 1.16. The largest absolute Gasteiger partial charge is 0.0760 e. The summed E-state index contributed by atoms with van der Waals surface area (Å²) < 4.78 is 0. The molecule has 1 aromatic rings. The SMILES string of the molecule is CCCCCC/C=[C]\c1c(C)c(C)c(C)c(C)c1C. The molecular formula is C19H29. The maximum absolute atomic E-state index is 3.54. The summed E-state index contributed by atoms with van der Waals surface area (Å²) in [6, 6.07) is 0. The zero-order valence-electron chi connectivity index (χ0n) is 13.6. The van der Waals surface area contributed by atoms with E-state index in [1.807, 2.05) is 0 Å². The van der Waals surface area contributed by atoms with Crippen LogP contribution in [0.15, 0.2) is 6.08 Å². The van der Waals surface area contributed by atoms with Crippen molar-refractivity contribution >= 4 is 0 Å². The summed E-state index contributed by atoms with van der Waals surface area (Å²) in [6.45, 7) is 13.4. The molecule has 0 spiro atoms. The molecule has 19 heavy (non-hydrogen) atoms. The molecule has 0 aliphatic rings. The fourth-order valence-electron chi connectivity index (χ4n) is 2.56. The number of hydrogen-bond acceptors (Lipinski definition) is 0. The molecule has 0 saturated carbocycles. The van der Waals surface area contributed by atoms with Gasteiger partial charge in [0.15, 0.2) is 0 Å². The molecule has 1 radical (unpaired) electrons. The summed E-state index contributed by atoms with van der Waals surface area (Å²) in [4.78, 5) is 0. The third-order valence-electron chi connectivity index (χ3n) is 4.45. The monoisotopic (exact) mass is 257 g/mol. The average Bonchev–Trinajstić information content (AvgIpc) is 2.41. The summed E-state index contributed by atoms with van der Waals surface area (Å²) >= 11 is 0. The molecule has 0 unspecified atom stereocenters. The lowest BCUT2D eigenvalue weighted by Crippen LogP contribution is -1.99. The van der Waals surface area contributed by atoms with Gasteiger partial charge in [-0.1, -0.05) is 32.3 Å². The first-order valence-electron chi connectivity index (χ1n) is 7.65. The van der Waals surface area contributed by atoms with Gasteiger partial charge in [0.2, 0.25) is 0 Å². The molecule has 0 nitrogen and oxygen atoms in total. The smallest absolute Gasteiger partial charge is 0.0117 e. The van der Waals surface area contributed by atoms with E-state index in [1.54, 1.807) is 0 Å². The van der Waals surface area contributed by atoms with Crippen LogP contribution in [0.4, 0.5) is 0 Å². The predicted octanol–water partition coefficient (Wildman–Crippen LogP) is 5.91. The number of benzene rings is 1. The summed E-state index contributed by atoms with van der Waals surface area (Å²) in [6.07, 6.45) is 12.2. The van der Waals surface area contributed by atoms with E-state index >= 15 is 0 Å². The lowest BCUT2D eigenvalue weighted by Gasteiger charge is -2.16. The van der Waals surface area contributed by atoms with Gasteiger partial charge in [-0.15, -0.1) is 0 Å². The fourth-order valence-corrected chi connectivity index (χ4v) is 2.56.